The van der Waals surface area contributed by atoms with Crippen LogP contribution < -0.4 is 0 Å². The van der Waals surface area contributed by atoms with E-state index in [1.807, 2.05) is 13.2 Å². The van der Waals surface area contributed by atoms with Gasteiger partial charge in [0.05, 0.1) is 11.8 Å². The molecule has 0 saturated heterocycles. The molecule has 1 rings (SSSR count). The van der Waals surface area contributed by atoms with E-state index in [0.29, 0.717) is 5.92 Å². The highest BCUT2D eigenvalue weighted by Gasteiger charge is 2.15. The largest absolute Gasteiger partial charge is 0.388 e. The molecule has 0 bridgehead atoms. The molecule has 14 heavy (non-hydrogen) atoms. The Balaban J connectivity index is 2.82. The van der Waals surface area contributed by atoms with Gasteiger partial charge >= 0.3 is 0 Å². The van der Waals surface area contributed by atoms with Gasteiger partial charge in [-0.2, -0.15) is 5.10 Å². The van der Waals surface area contributed by atoms with Crippen LogP contribution in [-0.4, -0.2) is 14.9 Å². The van der Waals surface area contributed by atoms with Gasteiger partial charge < -0.3 is 5.11 Å². The number of hydrogen-bond acceptors (Lipinski definition) is 2. The normalized spacial score (nSPS) is 13.6. The van der Waals surface area contributed by atoms with E-state index in [0.717, 1.165) is 24.1 Å². The minimum absolute atomic E-state index is 0.362. The summed E-state index contributed by atoms with van der Waals surface area (Å²) in [7, 11) is 1.89. The molecule has 0 saturated carbocycles. The Hall–Kier alpha value is -0.830. The van der Waals surface area contributed by atoms with Crippen LogP contribution in [0.25, 0.3) is 0 Å². The van der Waals surface area contributed by atoms with Gasteiger partial charge in [0.25, 0.3) is 0 Å². The van der Waals surface area contributed by atoms with E-state index < -0.39 is 0 Å². The number of aliphatic hydroxyl groups excluding tert-OH is 1. The quantitative estimate of drug-likeness (QED) is 0.800. The van der Waals surface area contributed by atoms with Gasteiger partial charge in [0.2, 0.25) is 0 Å². The Morgan fingerprint density at radius 1 is 1.50 bits per heavy atom. The second-order valence-electron chi connectivity index (χ2n) is 4.20. The highest BCUT2D eigenvalue weighted by Crippen LogP contribution is 2.23. The smallest absolute Gasteiger partial charge is 0.0825 e. The maximum atomic E-state index is 9.96. The van der Waals surface area contributed by atoms with E-state index in [9.17, 15) is 5.11 Å². The summed E-state index contributed by atoms with van der Waals surface area (Å²) in [6, 6.07) is 0. The Morgan fingerprint density at radius 2 is 2.14 bits per heavy atom. The summed E-state index contributed by atoms with van der Waals surface area (Å²) < 4.78 is 1.78. The number of aromatic nitrogens is 2. The lowest BCUT2D eigenvalue weighted by Crippen LogP contribution is -2.03. The fraction of sp³-hybridized carbons (Fsp3) is 0.727. The zero-order valence-electron chi connectivity index (χ0n) is 9.49. The zero-order chi connectivity index (χ0) is 10.7. The number of aryl methyl sites for hydroxylation is 2. The molecule has 0 spiro atoms. The number of nitrogens with zero attached hydrogens (tertiary/aromatic N) is 2. The van der Waals surface area contributed by atoms with Crippen LogP contribution in [0.5, 0.6) is 0 Å². The van der Waals surface area contributed by atoms with Gasteiger partial charge in [0.15, 0.2) is 0 Å². The summed E-state index contributed by atoms with van der Waals surface area (Å²) >= 11 is 0. The first kappa shape index (κ1) is 11.2. The molecule has 1 aromatic rings. The van der Waals surface area contributed by atoms with Crippen LogP contribution in [0.2, 0.25) is 0 Å². The molecule has 0 aliphatic carbocycles. The molecule has 1 atom stereocenters. The highest BCUT2D eigenvalue weighted by molar-refractivity contribution is 5.19. The molecule has 3 heteroatoms. The molecule has 0 radical (unpaired) electrons. The van der Waals surface area contributed by atoms with Crippen molar-refractivity contribution in [3.05, 3.63) is 17.5 Å². The van der Waals surface area contributed by atoms with Crippen LogP contribution in [0.4, 0.5) is 0 Å². The van der Waals surface area contributed by atoms with Gasteiger partial charge in [0.1, 0.15) is 0 Å². The van der Waals surface area contributed by atoms with Crippen LogP contribution in [0.15, 0.2) is 6.20 Å². The Kier molecular flexibility index (Phi) is 3.69. The maximum Gasteiger partial charge on any atom is 0.0825 e. The molecular weight excluding hydrogens is 176 g/mol. The predicted octanol–water partition coefficient (Wildman–Crippen LogP) is 2.06. The van der Waals surface area contributed by atoms with Gasteiger partial charge in [0, 0.05) is 18.8 Å². The lowest BCUT2D eigenvalue weighted by molar-refractivity contribution is 0.150. The third-order valence-electron chi connectivity index (χ3n) is 2.33. The van der Waals surface area contributed by atoms with Crippen molar-refractivity contribution >= 4 is 0 Å². The topological polar surface area (TPSA) is 38.0 Å². The lowest BCUT2D eigenvalue weighted by Gasteiger charge is -2.12. The minimum Gasteiger partial charge on any atom is -0.388 e. The monoisotopic (exact) mass is 196 g/mol. The van der Waals surface area contributed by atoms with Gasteiger partial charge in [-0.3, -0.25) is 4.68 Å². The van der Waals surface area contributed by atoms with Crippen molar-refractivity contribution in [1.29, 1.82) is 0 Å². The molecule has 0 amide bonds. The minimum atomic E-state index is -0.362. The van der Waals surface area contributed by atoms with Crippen molar-refractivity contribution in [2.45, 2.75) is 39.7 Å². The van der Waals surface area contributed by atoms with Gasteiger partial charge in [-0.15, -0.1) is 0 Å². The second-order valence-corrected chi connectivity index (χ2v) is 4.20. The maximum absolute atomic E-state index is 9.96. The highest BCUT2D eigenvalue weighted by atomic mass is 16.3. The fourth-order valence-corrected chi connectivity index (χ4v) is 1.68. The first-order valence-electron chi connectivity index (χ1n) is 5.25. The van der Waals surface area contributed by atoms with Crippen LogP contribution in [0.3, 0.4) is 0 Å². The third-order valence-corrected chi connectivity index (χ3v) is 2.33. The summed E-state index contributed by atoms with van der Waals surface area (Å²) in [6.45, 7) is 6.30. The van der Waals surface area contributed by atoms with E-state index in [-0.39, 0.29) is 6.10 Å². The van der Waals surface area contributed by atoms with E-state index in [1.165, 1.54) is 0 Å². The molecule has 3 nitrogen and oxygen atoms in total. The van der Waals surface area contributed by atoms with Crippen LogP contribution in [0, 0.1) is 5.92 Å². The molecule has 80 valence electrons. The van der Waals surface area contributed by atoms with Gasteiger partial charge in [-0.05, 0) is 18.8 Å². The number of aliphatic hydroxyl groups is 1. The van der Waals surface area contributed by atoms with Crippen LogP contribution in [-0.2, 0) is 13.5 Å². The molecule has 0 aromatic carbocycles. The average molecular weight is 196 g/mol. The summed E-state index contributed by atoms with van der Waals surface area (Å²) in [6.07, 6.45) is 3.24. The van der Waals surface area contributed by atoms with Crippen molar-refractivity contribution < 1.29 is 5.11 Å². The summed E-state index contributed by atoms with van der Waals surface area (Å²) in [5.41, 5.74) is 2.00. The average Bonchev–Trinajstić information content (AvgIpc) is 2.45. The Labute approximate surface area is 85.8 Å². The Morgan fingerprint density at radius 3 is 2.64 bits per heavy atom. The predicted molar refractivity (Wildman–Crippen MR) is 57.0 cm³/mol. The van der Waals surface area contributed by atoms with Gasteiger partial charge in [-0.1, -0.05) is 20.8 Å². The molecule has 1 N–H and O–H groups in total. The van der Waals surface area contributed by atoms with Crippen molar-refractivity contribution in [1.82, 2.24) is 9.78 Å². The first-order valence-corrected chi connectivity index (χ1v) is 5.25. The first-order chi connectivity index (χ1) is 6.54. The molecule has 1 unspecified atom stereocenters. The SMILES string of the molecule is CCc1nn(C)cc1C(O)CC(C)C. The molecule has 0 fully saturated rings. The van der Waals surface area contributed by atoms with Crippen LogP contribution >= 0.6 is 0 Å². The molecule has 1 aromatic heterocycles. The number of rotatable bonds is 4. The Bertz CT molecular complexity index is 291. The molecular formula is C11H20N2O. The molecule has 1 heterocycles. The van der Waals surface area contributed by atoms with Gasteiger partial charge in [-0.25, -0.2) is 0 Å². The van der Waals surface area contributed by atoms with Crippen LogP contribution in [0.1, 0.15) is 44.6 Å². The van der Waals surface area contributed by atoms with Crippen molar-refractivity contribution in [3.8, 4) is 0 Å². The standard InChI is InChI=1S/C11H20N2O/c1-5-10-9(7-13(4)12-10)11(14)6-8(2)3/h7-8,11,14H,5-6H2,1-4H3. The zero-order valence-corrected chi connectivity index (χ0v) is 9.49. The lowest BCUT2D eigenvalue weighted by atomic mass is 9.99. The van der Waals surface area contributed by atoms with E-state index in [2.05, 4.69) is 25.9 Å². The van der Waals surface area contributed by atoms with E-state index in [1.54, 1.807) is 4.68 Å². The summed E-state index contributed by atoms with van der Waals surface area (Å²) in [4.78, 5) is 0. The van der Waals surface area contributed by atoms with E-state index >= 15 is 0 Å². The fourth-order valence-electron chi connectivity index (χ4n) is 1.68. The summed E-state index contributed by atoms with van der Waals surface area (Å²) in [5, 5.41) is 14.3. The molecule has 0 aliphatic heterocycles. The second kappa shape index (κ2) is 4.60. The van der Waals surface area contributed by atoms with Crippen molar-refractivity contribution in [2.75, 3.05) is 0 Å². The van der Waals surface area contributed by atoms with Crippen molar-refractivity contribution in [3.63, 3.8) is 0 Å². The summed E-state index contributed by atoms with van der Waals surface area (Å²) in [5.74, 6) is 0.509. The third kappa shape index (κ3) is 2.58. The van der Waals surface area contributed by atoms with E-state index in [4.69, 9.17) is 0 Å². The molecule has 0 aliphatic rings. The van der Waals surface area contributed by atoms with Crippen molar-refractivity contribution in [2.24, 2.45) is 13.0 Å². The number of hydrogen-bond donors (Lipinski definition) is 1.